The van der Waals surface area contributed by atoms with E-state index in [9.17, 15) is 14.4 Å². The third-order valence-corrected chi connectivity index (χ3v) is 5.39. The van der Waals surface area contributed by atoms with Crippen molar-refractivity contribution in [3.05, 3.63) is 29.8 Å². The Bertz CT molecular complexity index is 694. The Hall–Kier alpha value is -2.37. The van der Waals surface area contributed by atoms with Crippen molar-refractivity contribution in [2.45, 2.75) is 52.0 Å². The Balaban J connectivity index is 1.42. The molecule has 0 aromatic heterocycles. The van der Waals surface area contributed by atoms with Crippen LogP contribution in [0.2, 0.25) is 0 Å². The molecule has 1 saturated carbocycles. The summed E-state index contributed by atoms with van der Waals surface area (Å²) < 4.78 is 5.69. The van der Waals surface area contributed by atoms with E-state index in [1.54, 1.807) is 0 Å². The van der Waals surface area contributed by atoms with Gasteiger partial charge in [0, 0.05) is 13.0 Å². The second kappa shape index (κ2) is 8.55. The number of aryl methyl sites for hydroxylation is 1. The van der Waals surface area contributed by atoms with Crippen molar-refractivity contribution in [1.29, 1.82) is 0 Å². The van der Waals surface area contributed by atoms with Gasteiger partial charge in [0.2, 0.25) is 17.7 Å². The molecule has 0 spiro atoms. The van der Waals surface area contributed by atoms with Gasteiger partial charge >= 0.3 is 0 Å². The Labute approximate surface area is 160 Å². The van der Waals surface area contributed by atoms with Gasteiger partial charge in [-0.3, -0.25) is 19.3 Å². The average Bonchev–Trinajstić information content (AvgIpc) is 2.89. The van der Waals surface area contributed by atoms with Crippen molar-refractivity contribution in [3.8, 4) is 5.75 Å². The molecule has 3 rings (SSSR count). The summed E-state index contributed by atoms with van der Waals surface area (Å²) in [7, 11) is 0. The summed E-state index contributed by atoms with van der Waals surface area (Å²) in [5, 5.41) is 2.87. The maximum Gasteiger partial charge on any atom is 0.233 e. The number of nitrogens with zero attached hydrogens (tertiary/aromatic N) is 1. The van der Waals surface area contributed by atoms with Crippen molar-refractivity contribution in [3.63, 3.8) is 0 Å². The van der Waals surface area contributed by atoms with Crippen LogP contribution in [-0.4, -0.2) is 41.8 Å². The molecule has 2 fully saturated rings. The zero-order valence-corrected chi connectivity index (χ0v) is 16.1. The van der Waals surface area contributed by atoms with Crippen molar-refractivity contribution in [2.75, 3.05) is 13.2 Å². The van der Waals surface area contributed by atoms with Crippen LogP contribution in [0, 0.1) is 18.8 Å². The summed E-state index contributed by atoms with van der Waals surface area (Å²) in [6.45, 7) is 4.40. The van der Waals surface area contributed by atoms with Crippen LogP contribution in [-0.2, 0) is 14.4 Å². The minimum atomic E-state index is -0.175. The Morgan fingerprint density at radius 1 is 1.22 bits per heavy atom. The lowest BCUT2D eigenvalue weighted by Crippen LogP contribution is -2.40. The Morgan fingerprint density at radius 3 is 2.52 bits per heavy atom. The lowest BCUT2D eigenvalue weighted by Gasteiger charge is -2.19. The van der Waals surface area contributed by atoms with E-state index in [2.05, 4.69) is 5.32 Å². The van der Waals surface area contributed by atoms with E-state index in [-0.39, 0.29) is 48.6 Å². The SMILES string of the molecule is Cc1cccc(OCC(C)NC(=O)CCN2C(=O)C3CCCCC3C2=O)c1. The predicted octanol–water partition coefficient (Wildman–Crippen LogP) is 2.44. The van der Waals surface area contributed by atoms with Crippen LogP contribution in [0.15, 0.2) is 24.3 Å². The Morgan fingerprint density at radius 2 is 1.89 bits per heavy atom. The van der Waals surface area contributed by atoms with Crippen molar-refractivity contribution >= 4 is 17.7 Å². The van der Waals surface area contributed by atoms with Gasteiger partial charge in [-0.2, -0.15) is 0 Å². The van der Waals surface area contributed by atoms with Crippen LogP contribution in [0.25, 0.3) is 0 Å². The molecule has 3 unspecified atom stereocenters. The molecule has 1 aliphatic carbocycles. The van der Waals surface area contributed by atoms with Gasteiger partial charge in [-0.25, -0.2) is 0 Å². The van der Waals surface area contributed by atoms with E-state index in [4.69, 9.17) is 4.74 Å². The van der Waals surface area contributed by atoms with E-state index < -0.39 is 0 Å². The second-order valence-corrected chi connectivity index (χ2v) is 7.67. The molecular formula is C21H28N2O4. The van der Waals surface area contributed by atoms with Crippen LogP contribution in [0.3, 0.4) is 0 Å². The molecule has 2 aliphatic rings. The monoisotopic (exact) mass is 372 g/mol. The van der Waals surface area contributed by atoms with Crippen molar-refractivity contribution < 1.29 is 19.1 Å². The smallest absolute Gasteiger partial charge is 0.233 e. The van der Waals surface area contributed by atoms with Crippen LogP contribution in [0.1, 0.15) is 44.6 Å². The minimum Gasteiger partial charge on any atom is -0.491 e. The lowest BCUT2D eigenvalue weighted by molar-refractivity contribution is -0.140. The van der Waals surface area contributed by atoms with Gasteiger partial charge in [0.15, 0.2) is 0 Å². The summed E-state index contributed by atoms with van der Waals surface area (Å²) in [5.41, 5.74) is 1.12. The molecule has 6 nitrogen and oxygen atoms in total. The molecule has 27 heavy (non-hydrogen) atoms. The highest BCUT2D eigenvalue weighted by molar-refractivity contribution is 6.05. The standard InChI is InChI=1S/C21H28N2O4/c1-14-6-5-7-16(12-14)27-13-15(2)22-19(24)10-11-23-20(25)17-8-3-4-9-18(17)21(23)26/h5-7,12,15,17-18H,3-4,8-11,13H2,1-2H3,(H,22,24). The maximum atomic E-state index is 12.4. The zero-order chi connectivity index (χ0) is 19.4. The molecule has 1 aliphatic heterocycles. The molecule has 0 radical (unpaired) electrons. The number of carbonyl (C=O) groups excluding carboxylic acids is 3. The number of ether oxygens (including phenoxy) is 1. The molecule has 1 aromatic carbocycles. The van der Waals surface area contributed by atoms with Crippen molar-refractivity contribution in [2.24, 2.45) is 11.8 Å². The van der Waals surface area contributed by atoms with Crippen LogP contribution >= 0.6 is 0 Å². The van der Waals surface area contributed by atoms with Gasteiger partial charge in [0.1, 0.15) is 12.4 Å². The minimum absolute atomic E-state index is 0.0895. The summed E-state index contributed by atoms with van der Waals surface area (Å²) in [6.07, 6.45) is 3.74. The van der Waals surface area contributed by atoms with Gasteiger partial charge < -0.3 is 10.1 Å². The van der Waals surface area contributed by atoms with Crippen LogP contribution < -0.4 is 10.1 Å². The van der Waals surface area contributed by atoms with Crippen LogP contribution in [0.5, 0.6) is 5.75 Å². The predicted molar refractivity (Wildman–Crippen MR) is 101 cm³/mol. The first-order chi connectivity index (χ1) is 13.0. The van der Waals surface area contributed by atoms with Gasteiger partial charge in [0.05, 0.1) is 17.9 Å². The first kappa shape index (κ1) is 19.4. The highest BCUT2D eigenvalue weighted by Crippen LogP contribution is 2.37. The first-order valence-corrected chi connectivity index (χ1v) is 9.79. The maximum absolute atomic E-state index is 12.4. The number of hydrogen-bond acceptors (Lipinski definition) is 4. The quantitative estimate of drug-likeness (QED) is 0.746. The summed E-state index contributed by atoms with van der Waals surface area (Å²) in [5.74, 6) is 0.103. The molecular weight excluding hydrogens is 344 g/mol. The first-order valence-electron chi connectivity index (χ1n) is 9.79. The molecule has 1 aromatic rings. The van der Waals surface area contributed by atoms with E-state index in [0.717, 1.165) is 37.0 Å². The summed E-state index contributed by atoms with van der Waals surface area (Å²) in [6, 6.07) is 7.58. The van der Waals surface area contributed by atoms with E-state index >= 15 is 0 Å². The normalized spacial score (nSPS) is 23.1. The molecule has 1 N–H and O–H groups in total. The fourth-order valence-corrected chi connectivity index (χ4v) is 3.98. The third kappa shape index (κ3) is 4.67. The Kier molecular flexibility index (Phi) is 6.14. The molecule has 146 valence electrons. The number of nitrogens with one attached hydrogen (secondary N) is 1. The molecule has 3 amide bonds. The number of rotatable bonds is 7. The highest BCUT2D eigenvalue weighted by Gasteiger charge is 2.47. The number of benzene rings is 1. The van der Waals surface area contributed by atoms with E-state index in [1.807, 2.05) is 38.1 Å². The number of carbonyl (C=O) groups is 3. The molecule has 6 heteroatoms. The summed E-state index contributed by atoms with van der Waals surface area (Å²) in [4.78, 5) is 38.3. The number of hydrogen-bond donors (Lipinski definition) is 1. The van der Waals surface area contributed by atoms with Crippen molar-refractivity contribution in [1.82, 2.24) is 10.2 Å². The number of fused-ring (bicyclic) bond motifs is 1. The van der Waals surface area contributed by atoms with E-state index in [0.29, 0.717) is 6.61 Å². The highest BCUT2D eigenvalue weighted by atomic mass is 16.5. The van der Waals surface area contributed by atoms with Crippen LogP contribution in [0.4, 0.5) is 0 Å². The van der Waals surface area contributed by atoms with Gasteiger partial charge in [-0.15, -0.1) is 0 Å². The fraction of sp³-hybridized carbons (Fsp3) is 0.571. The number of amides is 3. The second-order valence-electron chi connectivity index (χ2n) is 7.67. The van der Waals surface area contributed by atoms with Gasteiger partial charge in [-0.1, -0.05) is 25.0 Å². The van der Waals surface area contributed by atoms with Gasteiger partial charge in [-0.05, 0) is 44.4 Å². The largest absolute Gasteiger partial charge is 0.491 e. The molecule has 1 heterocycles. The zero-order valence-electron chi connectivity index (χ0n) is 16.1. The lowest BCUT2D eigenvalue weighted by atomic mass is 9.81. The van der Waals surface area contributed by atoms with E-state index in [1.165, 1.54) is 4.90 Å². The average molecular weight is 372 g/mol. The van der Waals surface area contributed by atoms with Gasteiger partial charge in [0.25, 0.3) is 0 Å². The fourth-order valence-electron chi connectivity index (χ4n) is 3.98. The molecule has 0 bridgehead atoms. The summed E-state index contributed by atoms with van der Waals surface area (Å²) >= 11 is 0. The number of imide groups is 1. The third-order valence-electron chi connectivity index (χ3n) is 5.39. The molecule has 1 saturated heterocycles. The molecule has 3 atom stereocenters. The number of likely N-dealkylation sites (tertiary alicyclic amines) is 1. The topological polar surface area (TPSA) is 75.7 Å².